The summed E-state index contributed by atoms with van der Waals surface area (Å²) >= 11 is 0. The fourth-order valence-corrected chi connectivity index (χ4v) is 2.31. The third kappa shape index (κ3) is 1.06. The van der Waals surface area contributed by atoms with Crippen LogP contribution in [0.2, 0.25) is 0 Å². The molecule has 72 valence electrons. The minimum atomic E-state index is 0.125. The van der Waals surface area contributed by atoms with Crippen LogP contribution in [0.3, 0.4) is 0 Å². The lowest BCUT2D eigenvalue weighted by Crippen LogP contribution is -2.39. The molecule has 0 saturated heterocycles. The van der Waals surface area contributed by atoms with Gasteiger partial charge >= 0.3 is 0 Å². The number of pyridine rings is 1. The zero-order valence-corrected chi connectivity index (χ0v) is 7.86. The molecular formula is C11H12N2O. The maximum atomic E-state index is 11.6. The number of hydrogen-bond donors (Lipinski definition) is 1. The summed E-state index contributed by atoms with van der Waals surface area (Å²) in [6, 6.07) is 5.50. The third-order valence-electron chi connectivity index (χ3n) is 2.95. The number of fused-ring (bicyclic) bond motifs is 3. The first-order valence-electron chi connectivity index (χ1n) is 4.96. The molecule has 3 heterocycles. The van der Waals surface area contributed by atoms with E-state index in [1.54, 1.807) is 6.07 Å². The van der Waals surface area contributed by atoms with E-state index in [0.717, 1.165) is 25.3 Å². The molecule has 1 atom stereocenters. The molecule has 3 heteroatoms. The minimum absolute atomic E-state index is 0.125. The molecule has 0 saturated carbocycles. The van der Waals surface area contributed by atoms with Gasteiger partial charge in [0.15, 0.2) is 0 Å². The fourth-order valence-electron chi connectivity index (χ4n) is 2.31. The van der Waals surface area contributed by atoms with Crippen LogP contribution < -0.4 is 10.9 Å². The Hall–Kier alpha value is -1.35. The van der Waals surface area contributed by atoms with Crippen molar-refractivity contribution in [3.63, 3.8) is 0 Å². The van der Waals surface area contributed by atoms with Crippen LogP contribution in [-0.4, -0.2) is 17.7 Å². The van der Waals surface area contributed by atoms with Gasteiger partial charge in [0.2, 0.25) is 0 Å². The van der Waals surface area contributed by atoms with Gasteiger partial charge < -0.3 is 9.88 Å². The Morgan fingerprint density at radius 1 is 1.43 bits per heavy atom. The van der Waals surface area contributed by atoms with Crippen LogP contribution in [-0.2, 0) is 6.54 Å². The first-order chi connectivity index (χ1) is 6.84. The molecule has 2 aliphatic heterocycles. The monoisotopic (exact) mass is 188 g/mol. The molecule has 2 bridgehead atoms. The first kappa shape index (κ1) is 8.00. The van der Waals surface area contributed by atoms with Crippen molar-refractivity contribution in [3.8, 4) is 0 Å². The zero-order valence-electron chi connectivity index (χ0n) is 7.86. The molecule has 3 nitrogen and oxygen atoms in total. The van der Waals surface area contributed by atoms with E-state index >= 15 is 0 Å². The summed E-state index contributed by atoms with van der Waals surface area (Å²) < 4.78 is 1.89. The Morgan fingerprint density at radius 2 is 2.36 bits per heavy atom. The van der Waals surface area contributed by atoms with E-state index in [2.05, 4.69) is 11.4 Å². The van der Waals surface area contributed by atoms with Gasteiger partial charge in [-0.05, 0) is 11.6 Å². The summed E-state index contributed by atoms with van der Waals surface area (Å²) in [6.45, 7) is 2.70. The molecule has 0 fully saturated rings. The predicted molar refractivity (Wildman–Crippen MR) is 55.0 cm³/mol. The summed E-state index contributed by atoms with van der Waals surface area (Å²) in [6.07, 6.45) is 2.30. The number of nitrogens with zero attached hydrogens (tertiary/aromatic N) is 1. The largest absolute Gasteiger partial charge is 0.312 e. The number of nitrogens with one attached hydrogen (secondary N) is 1. The van der Waals surface area contributed by atoms with Crippen molar-refractivity contribution in [3.05, 3.63) is 40.3 Å². The Kier molecular flexibility index (Phi) is 1.61. The summed E-state index contributed by atoms with van der Waals surface area (Å²) in [7, 11) is 0. The molecular weight excluding hydrogens is 176 g/mol. The van der Waals surface area contributed by atoms with Crippen molar-refractivity contribution in [2.24, 2.45) is 5.92 Å². The molecule has 0 aromatic carbocycles. The average Bonchev–Trinajstić information content (AvgIpc) is 2.20. The van der Waals surface area contributed by atoms with Gasteiger partial charge in [-0.25, -0.2) is 0 Å². The highest BCUT2D eigenvalue weighted by atomic mass is 16.1. The highest BCUT2D eigenvalue weighted by molar-refractivity contribution is 5.66. The topological polar surface area (TPSA) is 34.0 Å². The van der Waals surface area contributed by atoms with Gasteiger partial charge in [-0.2, -0.15) is 0 Å². The normalized spacial score (nSPS) is 24.0. The van der Waals surface area contributed by atoms with Crippen molar-refractivity contribution in [1.29, 1.82) is 0 Å². The second-order valence-electron chi connectivity index (χ2n) is 3.94. The Bertz CT molecular complexity index is 459. The van der Waals surface area contributed by atoms with E-state index < -0.39 is 0 Å². The third-order valence-corrected chi connectivity index (χ3v) is 2.95. The highest BCUT2D eigenvalue weighted by Gasteiger charge is 2.22. The van der Waals surface area contributed by atoms with Gasteiger partial charge in [0, 0.05) is 37.3 Å². The van der Waals surface area contributed by atoms with E-state index in [0.29, 0.717) is 5.92 Å². The van der Waals surface area contributed by atoms with Crippen LogP contribution in [0, 0.1) is 5.92 Å². The van der Waals surface area contributed by atoms with Gasteiger partial charge in [0.25, 0.3) is 5.56 Å². The van der Waals surface area contributed by atoms with Crippen LogP contribution in [0.5, 0.6) is 0 Å². The molecule has 1 N–H and O–H groups in total. The lowest BCUT2D eigenvalue weighted by Gasteiger charge is -2.30. The highest BCUT2D eigenvalue weighted by Crippen LogP contribution is 2.24. The number of hydrogen-bond acceptors (Lipinski definition) is 2. The Labute approximate surface area is 82.1 Å². The smallest absolute Gasteiger partial charge is 0.250 e. The van der Waals surface area contributed by atoms with Gasteiger partial charge in [-0.1, -0.05) is 12.1 Å². The second-order valence-corrected chi connectivity index (χ2v) is 3.94. The van der Waals surface area contributed by atoms with Crippen LogP contribution in [0.15, 0.2) is 29.1 Å². The van der Waals surface area contributed by atoms with Crippen LogP contribution in [0.1, 0.15) is 5.69 Å². The SMILES string of the molecule is O=c1cccc2n1CC1C=C2CNC1. The van der Waals surface area contributed by atoms with Gasteiger partial charge in [0.1, 0.15) is 0 Å². The Morgan fingerprint density at radius 3 is 3.29 bits per heavy atom. The van der Waals surface area contributed by atoms with Gasteiger partial charge in [0.05, 0.1) is 0 Å². The summed E-state index contributed by atoms with van der Waals surface area (Å²) in [5.74, 6) is 0.492. The molecule has 1 aromatic heterocycles. The number of aromatic nitrogens is 1. The molecule has 0 spiro atoms. The Balaban J connectivity index is 2.23. The molecule has 0 radical (unpaired) electrons. The van der Waals surface area contributed by atoms with Gasteiger partial charge in [-0.15, -0.1) is 0 Å². The summed E-state index contributed by atoms with van der Waals surface area (Å²) in [4.78, 5) is 11.6. The van der Waals surface area contributed by atoms with Crippen molar-refractivity contribution >= 4 is 5.57 Å². The molecule has 1 unspecified atom stereocenters. The van der Waals surface area contributed by atoms with Crippen LogP contribution >= 0.6 is 0 Å². The van der Waals surface area contributed by atoms with Crippen molar-refractivity contribution < 1.29 is 0 Å². The van der Waals surface area contributed by atoms with Crippen molar-refractivity contribution in [2.45, 2.75) is 6.54 Å². The molecule has 3 rings (SSSR count). The maximum Gasteiger partial charge on any atom is 0.250 e. The lowest BCUT2D eigenvalue weighted by molar-refractivity contribution is 0.454. The average molecular weight is 188 g/mol. The summed E-state index contributed by atoms with van der Waals surface area (Å²) in [5, 5.41) is 3.36. The molecule has 2 aliphatic rings. The standard InChI is InChI=1S/C11H12N2O/c14-11-3-1-2-10-9-4-8(5-12-6-9)7-13(10)11/h1-4,8,12H,5-7H2. The van der Waals surface area contributed by atoms with E-state index in [4.69, 9.17) is 0 Å². The van der Waals surface area contributed by atoms with E-state index in [9.17, 15) is 4.79 Å². The van der Waals surface area contributed by atoms with Crippen LogP contribution in [0.25, 0.3) is 5.57 Å². The minimum Gasteiger partial charge on any atom is -0.312 e. The van der Waals surface area contributed by atoms with Gasteiger partial charge in [-0.3, -0.25) is 4.79 Å². The zero-order chi connectivity index (χ0) is 9.54. The number of rotatable bonds is 0. The van der Waals surface area contributed by atoms with Crippen molar-refractivity contribution in [1.82, 2.24) is 9.88 Å². The van der Waals surface area contributed by atoms with E-state index in [1.807, 2.05) is 16.7 Å². The first-order valence-corrected chi connectivity index (χ1v) is 4.96. The van der Waals surface area contributed by atoms with Crippen molar-refractivity contribution in [2.75, 3.05) is 13.1 Å². The summed E-state index contributed by atoms with van der Waals surface area (Å²) in [5.41, 5.74) is 2.48. The second kappa shape index (κ2) is 2.82. The van der Waals surface area contributed by atoms with E-state index in [1.165, 1.54) is 5.57 Å². The van der Waals surface area contributed by atoms with Crippen LogP contribution in [0.4, 0.5) is 0 Å². The maximum absolute atomic E-state index is 11.6. The fraction of sp³-hybridized carbons (Fsp3) is 0.364. The molecule has 1 aromatic rings. The van der Waals surface area contributed by atoms with E-state index in [-0.39, 0.29) is 5.56 Å². The molecule has 0 aliphatic carbocycles. The lowest BCUT2D eigenvalue weighted by atomic mass is 9.95. The predicted octanol–water partition coefficient (Wildman–Crippen LogP) is 0.465. The quantitative estimate of drug-likeness (QED) is 0.642. The molecule has 14 heavy (non-hydrogen) atoms. The molecule has 0 amide bonds.